The highest BCUT2D eigenvalue weighted by Crippen LogP contribution is 2.39. The van der Waals surface area contributed by atoms with Crippen molar-refractivity contribution in [1.82, 2.24) is 9.80 Å². The third-order valence-electron chi connectivity index (χ3n) is 9.63. The van der Waals surface area contributed by atoms with Crippen molar-refractivity contribution in [2.24, 2.45) is 0 Å². The van der Waals surface area contributed by atoms with E-state index in [0.717, 1.165) is 65.7 Å². The summed E-state index contributed by atoms with van der Waals surface area (Å²) in [4.78, 5) is 30.0. The standard InChI is InChI=1S/C39H40N2O6/c1-45-25-31-8-6-20-40(31)23-32-21-36(28-14-12-26(24-42)13-15-28)47-39(46-32)29-18-16-27(17-19-29)33-9-3-2-7-30(33)22-41-37(43)34-10-4-5-11-35(34)38(41)44/h2-5,7,9-19,31-32,36,39,42H,6,8,20-25H2,1H3/t31-,32-,36+,39+/m0/s1. The quantitative estimate of drug-likeness (QED) is 0.205. The van der Waals surface area contributed by atoms with E-state index < -0.39 is 6.29 Å². The van der Waals surface area contributed by atoms with E-state index in [2.05, 4.69) is 4.90 Å². The Balaban J connectivity index is 1.11. The van der Waals surface area contributed by atoms with E-state index in [-0.39, 0.29) is 37.2 Å². The van der Waals surface area contributed by atoms with Crippen LogP contribution in [0.2, 0.25) is 0 Å². The van der Waals surface area contributed by atoms with Gasteiger partial charge in [0.1, 0.15) is 0 Å². The molecule has 4 aromatic carbocycles. The highest BCUT2D eigenvalue weighted by atomic mass is 16.7. The second kappa shape index (κ2) is 13.9. The summed E-state index contributed by atoms with van der Waals surface area (Å²) in [5.74, 6) is -0.528. The Hall–Kier alpha value is -4.18. The van der Waals surface area contributed by atoms with E-state index in [4.69, 9.17) is 14.2 Å². The number of aliphatic hydroxyl groups is 1. The molecule has 0 aromatic heterocycles. The van der Waals surface area contributed by atoms with Crippen LogP contribution >= 0.6 is 0 Å². The van der Waals surface area contributed by atoms with Gasteiger partial charge in [-0.25, -0.2) is 0 Å². The molecule has 8 nitrogen and oxygen atoms in total. The molecule has 2 amide bonds. The van der Waals surface area contributed by atoms with E-state index in [0.29, 0.717) is 23.8 Å². The number of nitrogens with zero attached hydrogens (tertiary/aromatic N) is 2. The van der Waals surface area contributed by atoms with Crippen molar-refractivity contribution in [2.75, 3.05) is 26.8 Å². The van der Waals surface area contributed by atoms with Crippen molar-refractivity contribution < 1.29 is 28.9 Å². The third kappa shape index (κ3) is 6.52. The Morgan fingerprint density at radius 3 is 2.15 bits per heavy atom. The third-order valence-corrected chi connectivity index (χ3v) is 9.63. The summed E-state index contributed by atoms with van der Waals surface area (Å²) in [7, 11) is 1.76. The highest BCUT2D eigenvalue weighted by Gasteiger charge is 2.37. The van der Waals surface area contributed by atoms with E-state index in [1.165, 1.54) is 4.90 Å². The molecular formula is C39H40N2O6. The first-order chi connectivity index (χ1) is 23.0. The highest BCUT2D eigenvalue weighted by molar-refractivity contribution is 6.21. The molecular weight excluding hydrogens is 592 g/mol. The molecule has 8 heteroatoms. The van der Waals surface area contributed by atoms with Crippen LogP contribution in [-0.2, 0) is 27.4 Å². The average Bonchev–Trinajstić information content (AvgIpc) is 3.65. The summed E-state index contributed by atoms with van der Waals surface area (Å²) in [5, 5.41) is 9.55. The summed E-state index contributed by atoms with van der Waals surface area (Å²) in [6.07, 6.45) is 2.27. The molecule has 1 N–H and O–H groups in total. The summed E-state index contributed by atoms with van der Waals surface area (Å²) in [6.45, 7) is 2.75. The van der Waals surface area contributed by atoms with Gasteiger partial charge in [0, 0.05) is 31.7 Å². The fourth-order valence-corrected chi connectivity index (χ4v) is 7.12. The largest absolute Gasteiger partial charge is 0.392 e. The van der Waals surface area contributed by atoms with Gasteiger partial charge in [-0.15, -0.1) is 0 Å². The van der Waals surface area contributed by atoms with Crippen LogP contribution in [-0.4, -0.2) is 65.7 Å². The molecule has 0 saturated carbocycles. The predicted molar refractivity (Wildman–Crippen MR) is 177 cm³/mol. The van der Waals surface area contributed by atoms with Gasteiger partial charge in [-0.1, -0.05) is 84.9 Å². The number of likely N-dealkylation sites (tertiary alicyclic amines) is 1. The molecule has 0 radical (unpaired) electrons. The lowest BCUT2D eigenvalue weighted by Gasteiger charge is -2.38. The summed E-state index contributed by atoms with van der Waals surface area (Å²) < 4.78 is 18.7. The molecule has 7 rings (SSSR count). The molecule has 0 aliphatic carbocycles. The minimum atomic E-state index is -0.553. The van der Waals surface area contributed by atoms with Gasteiger partial charge in [-0.3, -0.25) is 19.4 Å². The van der Waals surface area contributed by atoms with Crippen LogP contribution in [0.1, 0.15) is 74.6 Å². The Labute approximate surface area is 275 Å². The number of imide groups is 1. The number of carbonyl (C=O) groups excluding carboxylic acids is 2. The number of fused-ring (bicyclic) bond motifs is 1. The number of carbonyl (C=O) groups is 2. The Kier molecular flexibility index (Phi) is 9.29. The lowest BCUT2D eigenvalue weighted by atomic mass is 9.97. The fraction of sp³-hybridized carbons (Fsp3) is 0.333. The van der Waals surface area contributed by atoms with E-state index >= 15 is 0 Å². The van der Waals surface area contributed by atoms with Crippen LogP contribution in [0.3, 0.4) is 0 Å². The van der Waals surface area contributed by atoms with Crippen molar-refractivity contribution in [1.29, 1.82) is 0 Å². The van der Waals surface area contributed by atoms with E-state index in [9.17, 15) is 14.7 Å². The SMILES string of the molecule is COC[C@@H]1CCCN1C[C@@H]1C[C@H](c2ccc(CO)cc2)O[C@H](c2ccc(-c3ccccc3CN3C(=O)c4ccccc4C3=O)cc2)O1. The topological polar surface area (TPSA) is 88.5 Å². The number of hydrogen-bond acceptors (Lipinski definition) is 7. The van der Waals surface area contributed by atoms with E-state index in [1.54, 1.807) is 31.4 Å². The van der Waals surface area contributed by atoms with Crippen molar-refractivity contribution >= 4 is 11.8 Å². The number of benzene rings is 4. The van der Waals surface area contributed by atoms with Gasteiger partial charge >= 0.3 is 0 Å². The molecule has 0 spiro atoms. The molecule has 0 bridgehead atoms. The maximum absolute atomic E-state index is 13.1. The van der Waals surface area contributed by atoms with Gasteiger partial charge in [-0.2, -0.15) is 0 Å². The lowest BCUT2D eigenvalue weighted by molar-refractivity contribution is -0.253. The Bertz CT molecular complexity index is 1690. The zero-order chi connectivity index (χ0) is 32.3. The van der Waals surface area contributed by atoms with Crippen LogP contribution in [0.5, 0.6) is 0 Å². The molecule has 242 valence electrons. The number of hydrogen-bond donors (Lipinski definition) is 1. The molecule has 3 aliphatic heterocycles. The first kappa shape index (κ1) is 31.4. The summed E-state index contributed by atoms with van der Waals surface area (Å²) in [6, 6.07) is 31.4. The molecule has 2 saturated heterocycles. The summed E-state index contributed by atoms with van der Waals surface area (Å²) in [5.41, 5.74) is 6.58. The van der Waals surface area contributed by atoms with Crippen LogP contribution in [0.25, 0.3) is 11.1 Å². The smallest absolute Gasteiger partial charge is 0.261 e. The number of amides is 2. The number of ether oxygens (including phenoxy) is 3. The number of aliphatic hydroxyl groups excluding tert-OH is 1. The molecule has 3 heterocycles. The molecule has 4 atom stereocenters. The van der Waals surface area contributed by atoms with Crippen LogP contribution in [0.15, 0.2) is 97.1 Å². The molecule has 3 aliphatic rings. The zero-order valence-electron chi connectivity index (χ0n) is 26.6. The predicted octanol–water partition coefficient (Wildman–Crippen LogP) is 6.30. The minimum absolute atomic E-state index is 0.00376. The molecule has 0 unspecified atom stereocenters. The number of rotatable bonds is 10. The van der Waals surface area contributed by atoms with Gasteiger partial charge < -0.3 is 19.3 Å². The maximum atomic E-state index is 13.1. The van der Waals surface area contributed by atoms with Gasteiger partial charge in [0.2, 0.25) is 0 Å². The second-order valence-electron chi connectivity index (χ2n) is 12.6. The Morgan fingerprint density at radius 1 is 0.809 bits per heavy atom. The van der Waals surface area contributed by atoms with Crippen LogP contribution in [0, 0.1) is 0 Å². The van der Waals surface area contributed by atoms with Crippen molar-refractivity contribution in [2.45, 2.75) is 57.0 Å². The average molecular weight is 633 g/mol. The van der Waals surface area contributed by atoms with E-state index in [1.807, 2.05) is 72.8 Å². The van der Waals surface area contributed by atoms with Crippen molar-refractivity contribution in [3.63, 3.8) is 0 Å². The van der Waals surface area contributed by atoms with Crippen molar-refractivity contribution in [3.05, 3.63) is 130 Å². The monoisotopic (exact) mass is 632 g/mol. The van der Waals surface area contributed by atoms with Gasteiger partial charge in [0.15, 0.2) is 6.29 Å². The van der Waals surface area contributed by atoms with Crippen molar-refractivity contribution in [3.8, 4) is 11.1 Å². The normalized spacial score (nSPS) is 23.0. The zero-order valence-corrected chi connectivity index (χ0v) is 26.6. The Morgan fingerprint density at radius 2 is 1.47 bits per heavy atom. The fourth-order valence-electron chi connectivity index (χ4n) is 7.12. The molecule has 2 fully saturated rings. The van der Waals surface area contributed by atoms with Crippen LogP contribution < -0.4 is 0 Å². The van der Waals surface area contributed by atoms with Crippen LogP contribution in [0.4, 0.5) is 0 Å². The molecule has 47 heavy (non-hydrogen) atoms. The second-order valence-corrected chi connectivity index (χ2v) is 12.6. The lowest BCUT2D eigenvalue weighted by Crippen LogP contribution is -2.42. The summed E-state index contributed by atoms with van der Waals surface area (Å²) >= 11 is 0. The molecule has 4 aromatic rings. The first-order valence-corrected chi connectivity index (χ1v) is 16.4. The first-order valence-electron chi connectivity index (χ1n) is 16.4. The minimum Gasteiger partial charge on any atom is -0.392 e. The van der Waals surface area contributed by atoms with Gasteiger partial charge in [-0.05, 0) is 59.3 Å². The van der Waals surface area contributed by atoms with Gasteiger partial charge in [0.05, 0.1) is 43.1 Å². The number of methoxy groups -OCH3 is 1. The maximum Gasteiger partial charge on any atom is 0.261 e. The van der Waals surface area contributed by atoms with Gasteiger partial charge in [0.25, 0.3) is 11.8 Å².